The third-order valence-corrected chi connectivity index (χ3v) is 4.97. The van der Waals surface area contributed by atoms with Gasteiger partial charge >= 0.3 is 0 Å². The Balaban J connectivity index is 1.55. The number of halogens is 1. The smallest absolute Gasteiger partial charge is 0.251 e. The van der Waals surface area contributed by atoms with Crippen molar-refractivity contribution in [3.8, 4) is 5.75 Å². The summed E-state index contributed by atoms with van der Waals surface area (Å²) in [5, 5.41) is 0.579. The van der Waals surface area contributed by atoms with Gasteiger partial charge in [-0.15, -0.1) is 0 Å². The molecule has 1 atom stereocenters. The number of nitrogens with zero attached hydrogens (tertiary/aromatic N) is 2. The highest BCUT2D eigenvalue weighted by Crippen LogP contribution is 2.24. The van der Waals surface area contributed by atoms with Crippen molar-refractivity contribution in [1.82, 2.24) is 9.80 Å². The van der Waals surface area contributed by atoms with Gasteiger partial charge in [-0.05, 0) is 31.0 Å². The molecule has 1 aromatic carbocycles. The second-order valence-corrected chi connectivity index (χ2v) is 6.78. The van der Waals surface area contributed by atoms with E-state index in [2.05, 4.69) is 0 Å². The quantitative estimate of drug-likeness (QED) is 0.814. The minimum atomic E-state index is -0.294. The fraction of sp³-hybridized carbons (Fsp3) is 0.556. The van der Waals surface area contributed by atoms with Crippen LogP contribution in [0.2, 0.25) is 5.02 Å². The first-order valence-electron chi connectivity index (χ1n) is 8.59. The summed E-state index contributed by atoms with van der Waals surface area (Å²) in [5.74, 6) is 0.732. The lowest BCUT2D eigenvalue weighted by molar-refractivity contribution is -0.145. The fourth-order valence-electron chi connectivity index (χ4n) is 3.31. The van der Waals surface area contributed by atoms with E-state index in [-0.39, 0.29) is 24.3 Å². The van der Waals surface area contributed by atoms with Gasteiger partial charge in [0.15, 0.2) is 0 Å². The molecule has 136 valence electrons. The van der Waals surface area contributed by atoms with Crippen LogP contribution in [0.5, 0.6) is 5.75 Å². The van der Waals surface area contributed by atoms with Gasteiger partial charge in [0.05, 0.1) is 13.5 Å². The van der Waals surface area contributed by atoms with Crippen molar-refractivity contribution < 1.29 is 19.1 Å². The third-order valence-electron chi connectivity index (χ3n) is 4.73. The largest absolute Gasteiger partial charge is 0.496 e. The monoisotopic (exact) mass is 366 g/mol. The fourth-order valence-corrected chi connectivity index (χ4v) is 3.51. The van der Waals surface area contributed by atoms with Crippen LogP contribution in [-0.2, 0) is 20.7 Å². The van der Waals surface area contributed by atoms with Gasteiger partial charge in [-0.25, -0.2) is 0 Å². The van der Waals surface area contributed by atoms with Crippen molar-refractivity contribution >= 4 is 23.4 Å². The third kappa shape index (κ3) is 4.25. The average Bonchev–Trinajstić information content (AvgIpc) is 3.16. The van der Waals surface area contributed by atoms with Gasteiger partial charge in [-0.2, -0.15) is 0 Å². The maximum Gasteiger partial charge on any atom is 0.251 e. The van der Waals surface area contributed by atoms with Crippen molar-refractivity contribution in [1.29, 1.82) is 0 Å². The van der Waals surface area contributed by atoms with E-state index in [1.54, 1.807) is 35.1 Å². The molecule has 0 bridgehead atoms. The van der Waals surface area contributed by atoms with Crippen LogP contribution in [0, 0.1) is 0 Å². The zero-order valence-corrected chi connectivity index (χ0v) is 15.1. The molecule has 2 fully saturated rings. The molecule has 0 radical (unpaired) electrons. The molecule has 2 amide bonds. The number of carbonyl (C=O) groups excluding carboxylic acids is 2. The van der Waals surface area contributed by atoms with Crippen molar-refractivity contribution in [2.45, 2.75) is 25.4 Å². The van der Waals surface area contributed by atoms with E-state index < -0.39 is 0 Å². The molecule has 0 N–H and O–H groups in total. The van der Waals surface area contributed by atoms with Crippen LogP contribution in [0.15, 0.2) is 18.2 Å². The number of rotatable bonds is 4. The van der Waals surface area contributed by atoms with Gasteiger partial charge in [0.25, 0.3) is 5.91 Å². The van der Waals surface area contributed by atoms with Crippen LogP contribution in [-0.4, -0.2) is 67.6 Å². The Morgan fingerprint density at radius 3 is 2.60 bits per heavy atom. The van der Waals surface area contributed by atoms with Gasteiger partial charge in [0.1, 0.15) is 11.9 Å². The minimum Gasteiger partial charge on any atom is -0.496 e. The maximum atomic E-state index is 12.6. The summed E-state index contributed by atoms with van der Waals surface area (Å²) in [4.78, 5) is 28.5. The van der Waals surface area contributed by atoms with Gasteiger partial charge < -0.3 is 19.3 Å². The Morgan fingerprint density at radius 2 is 1.96 bits per heavy atom. The highest BCUT2D eigenvalue weighted by molar-refractivity contribution is 6.30. The predicted octanol–water partition coefficient (Wildman–Crippen LogP) is 1.74. The molecular formula is C18H23ClN2O4. The average molecular weight is 367 g/mol. The van der Waals surface area contributed by atoms with E-state index in [9.17, 15) is 9.59 Å². The van der Waals surface area contributed by atoms with E-state index >= 15 is 0 Å². The van der Waals surface area contributed by atoms with E-state index in [4.69, 9.17) is 21.1 Å². The predicted molar refractivity (Wildman–Crippen MR) is 93.8 cm³/mol. The second-order valence-electron chi connectivity index (χ2n) is 6.34. The van der Waals surface area contributed by atoms with E-state index in [1.165, 1.54) is 0 Å². The number of carbonyl (C=O) groups is 2. The number of piperazine rings is 1. The number of hydrogen-bond acceptors (Lipinski definition) is 4. The molecule has 25 heavy (non-hydrogen) atoms. The second kappa shape index (κ2) is 8.06. The summed E-state index contributed by atoms with van der Waals surface area (Å²) in [6.07, 6.45) is 1.68. The Morgan fingerprint density at radius 1 is 1.24 bits per heavy atom. The molecule has 2 aliphatic heterocycles. The summed E-state index contributed by atoms with van der Waals surface area (Å²) in [6, 6.07) is 5.27. The first kappa shape index (κ1) is 18.0. The van der Waals surface area contributed by atoms with Gasteiger partial charge in [-0.1, -0.05) is 11.6 Å². The molecule has 2 aliphatic rings. The number of hydrogen-bond donors (Lipinski definition) is 0. The summed E-state index contributed by atoms with van der Waals surface area (Å²) in [6.45, 7) is 2.85. The zero-order chi connectivity index (χ0) is 17.8. The SMILES string of the molecule is COc1ccc(Cl)cc1CC(=O)N1CCN(C(=O)C2CCCO2)CC1. The molecular weight excluding hydrogens is 344 g/mol. The Kier molecular flexibility index (Phi) is 5.81. The van der Waals surface area contributed by atoms with Crippen LogP contribution in [0.3, 0.4) is 0 Å². The first-order chi connectivity index (χ1) is 12.1. The molecule has 0 saturated carbocycles. The van der Waals surface area contributed by atoms with Crippen molar-refractivity contribution in [2.24, 2.45) is 0 Å². The molecule has 3 rings (SSSR count). The van der Waals surface area contributed by atoms with Crippen LogP contribution in [0.25, 0.3) is 0 Å². The topological polar surface area (TPSA) is 59.1 Å². The molecule has 0 aromatic heterocycles. The zero-order valence-electron chi connectivity index (χ0n) is 14.4. The van der Waals surface area contributed by atoms with E-state index in [0.29, 0.717) is 43.6 Å². The van der Waals surface area contributed by atoms with Gasteiger partial charge in [-0.3, -0.25) is 9.59 Å². The number of benzene rings is 1. The van der Waals surface area contributed by atoms with Crippen LogP contribution in [0.4, 0.5) is 0 Å². The lowest BCUT2D eigenvalue weighted by Gasteiger charge is -2.35. The lowest BCUT2D eigenvalue weighted by atomic mass is 10.1. The van der Waals surface area contributed by atoms with E-state index in [0.717, 1.165) is 18.4 Å². The van der Waals surface area contributed by atoms with Gasteiger partial charge in [0, 0.05) is 43.4 Å². The Hall–Kier alpha value is -1.79. The molecule has 2 heterocycles. The lowest BCUT2D eigenvalue weighted by Crippen LogP contribution is -2.53. The summed E-state index contributed by atoms with van der Waals surface area (Å²) in [5.41, 5.74) is 0.776. The highest BCUT2D eigenvalue weighted by atomic mass is 35.5. The normalized spacial score (nSPS) is 20.6. The van der Waals surface area contributed by atoms with Crippen molar-refractivity contribution in [2.75, 3.05) is 39.9 Å². The van der Waals surface area contributed by atoms with Crippen molar-refractivity contribution in [3.05, 3.63) is 28.8 Å². The Bertz CT molecular complexity index is 638. The molecule has 6 nitrogen and oxygen atoms in total. The highest BCUT2D eigenvalue weighted by Gasteiger charge is 2.31. The Labute approximate surface area is 152 Å². The number of amides is 2. The molecule has 0 spiro atoms. The minimum absolute atomic E-state index is 0.0183. The number of ether oxygens (including phenoxy) is 2. The number of methoxy groups -OCH3 is 1. The standard InChI is InChI=1S/C18H23ClN2O4/c1-24-15-5-4-14(19)11-13(15)12-17(22)20-6-8-21(9-7-20)18(23)16-3-2-10-25-16/h4-5,11,16H,2-3,6-10,12H2,1H3. The molecule has 7 heteroatoms. The van der Waals surface area contributed by atoms with Crippen LogP contribution >= 0.6 is 11.6 Å². The summed E-state index contributed by atoms with van der Waals surface area (Å²) < 4.78 is 10.8. The molecule has 1 aromatic rings. The van der Waals surface area contributed by atoms with E-state index in [1.807, 2.05) is 0 Å². The molecule has 0 aliphatic carbocycles. The van der Waals surface area contributed by atoms with Crippen LogP contribution < -0.4 is 4.74 Å². The molecule has 2 saturated heterocycles. The van der Waals surface area contributed by atoms with Crippen molar-refractivity contribution in [3.63, 3.8) is 0 Å². The van der Waals surface area contributed by atoms with Crippen LogP contribution in [0.1, 0.15) is 18.4 Å². The molecule has 1 unspecified atom stereocenters. The summed E-state index contributed by atoms with van der Waals surface area (Å²) >= 11 is 6.02. The summed E-state index contributed by atoms with van der Waals surface area (Å²) in [7, 11) is 1.58. The van der Waals surface area contributed by atoms with Gasteiger partial charge in [0.2, 0.25) is 5.91 Å². The maximum absolute atomic E-state index is 12.6. The first-order valence-corrected chi connectivity index (χ1v) is 8.97.